The highest BCUT2D eigenvalue weighted by molar-refractivity contribution is 5.80. The van der Waals surface area contributed by atoms with Crippen molar-refractivity contribution in [2.75, 3.05) is 32.8 Å². The standard InChI is InChI=1S/C21H26N4O4/c1-4-29-21(28)24-13-11-23(12-14-24)20(27)16(3)25-19(26)10-9-18(22-25)17-7-5-15(2)6-8-17/h5-10,16H,4,11-14H2,1-3H3. The number of carbonyl (C=O) groups is 2. The summed E-state index contributed by atoms with van der Waals surface area (Å²) in [5, 5.41) is 4.43. The first-order valence-electron chi connectivity index (χ1n) is 9.78. The number of hydrogen-bond donors (Lipinski definition) is 0. The molecule has 1 fully saturated rings. The van der Waals surface area contributed by atoms with Gasteiger partial charge in [-0.3, -0.25) is 9.59 Å². The van der Waals surface area contributed by atoms with Gasteiger partial charge >= 0.3 is 6.09 Å². The smallest absolute Gasteiger partial charge is 0.409 e. The monoisotopic (exact) mass is 398 g/mol. The molecule has 2 aromatic rings. The van der Waals surface area contributed by atoms with E-state index in [0.29, 0.717) is 38.5 Å². The first-order valence-corrected chi connectivity index (χ1v) is 9.78. The topological polar surface area (TPSA) is 84.7 Å². The van der Waals surface area contributed by atoms with Crippen LogP contribution in [0.3, 0.4) is 0 Å². The van der Waals surface area contributed by atoms with Gasteiger partial charge in [-0.1, -0.05) is 29.8 Å². The Morgan fingerprint density at radius 1 is 1.03 bits per heavy atom. The normalized spacial score (nSPS) is 15.1. The molecular formula is C21H26N4O4. The molecule has 0 aliphatic carbocycles. The molecule has 1 aliphatic rings. The zero-order chi connectivity index (χ0) is 21.0. The molecule has 0 N–H and O–H groups in total. The van der Waals surface area contributed by atoms with Crippen molar-refractivity contribution in [1.82, 2.24) is 19.6 Å². The molecule has 154 valence electrons. The predicted molar refractivity (Wildman–Crippen MR) is 109 cm³/mol. The number of aromatic nitrogens is 2. The lowest BCUT2D eigenvalue weighted by molar-refractivity contribution is -0.136. The number of nitrogens with zero attached hydrogens (tertiary/aromatic N) is 4. The van der Waals surface area contributed by atoms with Crippen molar-refractivity contribution in [2.45, 2.75) is 26.8 Å². The van der Waals surface area contributed by atoms with Crippen LogP contribution in [-0.4, -0.2) is 64.4 Å². The Labute approximate surface area is 169 Å². The minimum absolute atomic E-state index is 0.191. The van der Waals surface area contributed by atoms with Crippen molar-refractivity contribution in [3.63, 3.8) is 0 Å². The SMILES string of the molecule is CCOC(=O)N1CCN(C(=O)C(C)n2nc(-c3ccc(C)cc3)ccc2=O)CC1. The van der Waals surface area contributed by atoms with E-state index in [2.05, 4.69) is 5.10 Å². The molecular weight excluding hydrogens is 372 g/mol. The van der Waals surface area contributed by atoms with Crippen molar-refractivity contribution in [2.24, 2.45) is 0 Å². The first kappa shape index (κ1) is 20.6. The molecule has 0 saturated carbocycles. The van der Waals surface area contributed by atoms with Crippen LogP contribution in [0.15, 0.2) is 41.2 Å². The van der Waals surface area contributed by atoms with Crippen LogP contribution in [0, 0.1) is 6.92 Å². The van der Waals surface area contributed by atoms with Gasteiger partial charge in [0.05, 0.1) is 12.3 Å². The summed E-state index contributed by atoms with van der Waals surface area (Å²) in [6, 6.07) is 10.2. The maximum Gasteiger partial charge on any atom is 0.409 e. The van der Waals surface area contributed by atoms with Gasteiger partial charge in [0.25, 0.3) is 5.56 Å². The Hall–Kier alpha value is -3.16. The van der Waals surface area contributed by atoms with Gasteiger partial charge in [0, 0.05) is 37.8 Å². The number of benzene rings is 1. The lowest BCUT2D eigenvalue weighted by Crippen LogP contribution is -2.52. The van der Waals surface area contributed by atoms with Gasteiger partial charge in [0.2, 0.25) is 5.91 Å². The Morgan fingerprint density at radius 2 is 1.66 bits per heavy atom. The van der Waals surface area contributed by atoms with E-state index in [4.69, 9.17) is 4.74 Å². The number of amides is 2. The molecule has 2 heterocycles. The number of ether oxygens (including phenoxy) is 1. The zero-order valence-corrected chi connectivity index (χ0v) is 17.0. The van der Waals surface area contributed by atoms with E-state index in [1.165, 1.54) is 10.7 Å². The number of carbonyl (C=O) groups excluding carboxylic acids is 2. The molecule has 8 heteroatoms. The van der Waals surface area contributed by atoms with Crippen LogP contribution in [0.1, 0.15) is 25.5 Å². The summed E-state index contributed by atoms with van der Waals surface area (Å²) in [6.45, 7) is 7.36. The third-order valence-corrected chi connectivity index (χ3v) is 5.01. The summed E-state index contributed by atoms with van der Waals surface area (Å²) in [5.41, 5.74) is 2.32. The average Bonchev–Trinajstić information content (AvgIpc) is 2.74. The Balaban J connectivity index is 1.73. The van der Waals surface area contributed by atoms with Crippen molar-refractivity contribution >= 4 is 12.0 Å². The van der Waals surface area contributed by atoms with E-state index < -0.39 is 6.04 Å². The van der Waals surface area contributed by atoms with Gasteiger partial charge in [-0.05, 0) is 26.8 Å². The van der Waals surface area contributed by atoms with E-state index in [1.54, 1.807) is 29.7 Å². The average molecular weight is 398 g/mol. The van der Waals surface area contributed by atoms with Crippen LogP contribution < -0.4 is 5.56 Å². The van der Waals surface area contributed by atoms with Crippen molar-refractivity contribution in [1.29, 1.82) is 0 Å². The molecule has 0 bridgehead atoms. The van der Waals surface area contributed by atoms with Crippen LogP contribution in [-0.2, 0) is 9.53 Å². The highest BCUT2D eigenvalue weighted by Gasteiger charge is 2.29. The second-order valence-electron chi connectivity index (χ2n) is 7.05. The first-order chi connectivity index (χ1) is 13.9. The van der Waals surface area contributed by atoms with Crippen molar-refractivity contribution in [3.05, 3.63) is 52.3 Å². The second-order valence-corrected chi connectivity index (χ2v) is 7.05. The van der Waals surface area contributed by atoms with E-state index in [0.717, 1.165) is 11.1 Å². The Kier molecular flexibility index (Phi) is 6.31. The molecule has 1 unspecified atom stereocenters. The Morgan fingerprint density at radius 3 is 2.28 bits per heavy atom. The third kappa shape index (κ3) is 4.64. The molecule has 1 atom stereocenters. The molecule has 3 rings (SSSR count). The van der Waals surface area contributed by atoms with Crippen LogP contribution >= 0.6 is 0 Å². The van der Waals surface area contributed by atoms with Crippen LogP contribution in [0.4, 0.5) is 4.79 Å². The van der Waals surface area contributed by atoms with E-state index in [-0.39, 0.29) is 17.6 Å². The lowest BCUT2D eigenvalue weighted by atomic mass is 10.1. The highest BCUT2D eigenvalue weighted by atomic mass is 16.6. The molecule has 8 nitrogen and oxygen atoms in total. The number of aryl methyl sites for hydroxylation is 1. The van der Waals surface area contributed by atoms with Crippen molar-refractivity contribution in [3.8, 4) is 11.3 Å². The van der Waals surface area contributed by atoms with Gasteiger partial charge in [-0.15, -0.1) is 0 Å². The summed E-state index contributed by atoms with van der Waals surface area (Å²) in [5.74, 6) is -0.191. The predicted octanol–water partition coefficient (Wildman–Crippen LogP) is 2.08. The van der Waals surface area contributed by atoms with Crippen LogP contribution in [0.5, 0.6) is 0 Å². The minimum Gasteiger partial charge on any atom is -0.450 e. The van der Waals surface area contributed by atoms with E-state index >= 15 is 0 Å². The van der Waals surface area contributed by atoms with Gasteiger partial charge < -0.3 is 14.5 Å². The molecule has 1 aromatic heterocycles. The number of rotatable bonds is 4. The molecule has 2 amide bonds. The molecule has 0 spiro atoms. The van der Waals surface area contributed by atoms with Gasteiger partial charge in [0.1, 0.15) is 6.04 Å². The molecule has 1 aromatic carbocycles. The molecule has 1 aliphatic heterocycles. The van der Waals surface area contributed by atoms with E-state index in [1.807, 2.05) is 31.2 Å². The molecule has 29 heavy (non-hydrogen) atoms. The summed E-state index contributed by atoms with van der Waals surface area (Å²) < 4.78 is 6.23. The fourth-order valence-electron chi connectivity index (χ4n) is 3.27. The van der Waals surface area contributed by atoms with E-state index in [9.17, 15) is 14.4 Å². The minimum atomic E-state index is -0.734. The summed E-state index contributed by atoms with van der Waals surface area (Å²) in [7, 11) is 0. The van der Waals surface area contributed by atoms with Gasteiger partial charge in [-0.2, -0.15) is 5.10 Å². The molecule has 1 saturated heterocycles. The fourth-order valence-corrected chi connectivity index (χ4v) is 3.27. The Bertz CT molecular complexity index is 930. The van der Waals surface area contributed by atoms with Gasteiger partial charge in [0.15, 0.2) is 0 Å². The number of piperazine rings is 1. The zero-order valence-electron chi connectivity index (χ0n) is 17.0. The largest absolute Gasteiger partial charge is 0.450 e. The fraction of sp³-hybridized carbons (Fsp3) is 0.429. The number of hydrogen-bond acceptors (Lipinski definition) is 5. The quantitative estimate of drug-likeness (QED) is 0.787. The van der Waals surface area contributed by atoms with Crippen molar-refractivity contribution < 1.29 is 14.3 Å². The lowest BCUT2D eigenvalue weighted by Gasteiger charge is -2.35. The second kappa shape index (κ2) is 8.89. The third-order valence-electron chi connectivity index (χ3n) is 5.01. The van der Waals surface area contributed by atoms with Gasteiger partial charge in [-0.25, -0.2) is 9.48 Å². The maximum atomic E-state index is 12.9. The summed E-state index contributed by atoms with van der Waals surface area (Å²) >= 11 is 0. The maximum absolute atomic E-state index is 12.9. The van der Waals surface area contributed by atoms with Crippen LogP contribution in [0.25, 0.3) is 11.3 Å². The summed E-state index contributed by atoms with van der Waals surface area (Å²) in [4.78, 5) is 40.4. The summed E-state index contributed by atoms with van der Waals surface area (Å²) in [6.07, 6.45) is -0.365. The van der Waals surface area contributed by atoms with Crippen LogP contribution in [0.2, 0.25) is 0 Å². The highest BCUT2D eigenvalue weighted by Crippen LogP contribution is 2.17. The molecule has 0 radical (unpaired) electrons.